The first kappa shape index (κ1) is 11.1. The lowest BCUT2D eigenvalue weighted by Gasteiger charge is -2.04. The monoisotopic (exact) mass is 205 g/mol. The van der Waals surface area contributed by atoms with Gasteiger partial charge in [-0.2, -0.15) is 5.26 Å². The van der Waals surface area contributed by atoms with Gasteiger partial charge >= 0.3 is 5.97 Å². The van der Waals surface area contributed by atoms with E-state index >= 15 is 0 Å². The van der Waals surface area contributed by atoms with Crippen molar-refractivity contribution in [3.8, 4) is 11.8 Å². The van der Waals surface area contributed by atoms with E-state index in [1.165, 1.54) is 18.2 Å². The number of carbonyl (C=O) groups is 1. The molecule has 1 aromatic carbocycles. The van der Waals surface area contributed by atoms with Crippen LogP contribution in [0.25, 0.3) is 0 Å². The van der Waals surface area contributed by atoms with Crippen LogP contribution in [0, 0.1) is 11.3 Å². The highest BCUT2D eigenvalue weighted by Crippen LogP contribution is 2.16. The van der Waals surface area contributed by atoms with Crippen LogP contribution in [0.3, 0.4) is 0 Å². The zero-order valence-corrected chi connectivity index (χ0v) is 8.36. The lowest BCUT2D eigenvalue weighted by molar-refractivity contribution is -0.142. The predicted octanol–water partition coefficient (Wildman–Crippen LogP) is 1.37. The molecule has 0 aliphatic heterocycles. The Bertz CT molecular complexity index is 407. The van der Waals surface area contributed by atoms with Gasteiger partial charge in [0.2, 0.25) is 0 Å². The summed E-state index contributed by atoms with van der Waals surface area (Å²) in [5.41, 5.74) is 0.858. The third kappa shape index (κ3) is 2.99. The molecular weight excluding hydrogens is 194 g/mol. The zero-order valence-electron chi connectivity index (χ0n) is 8.36. The van der Waals surface area contributed by atoms with Gasteiger partial charge in [0.25, 0.3) is 0 Å². The molecule has 0 bridgehead atoms. The number of hydrogen-bond acceptors (Lipinski definition) is 4. The number of phenolic OH excluding ortho intramolecular Hbond substituents is 1. The molecule has 1 N–H and O–H groups in total. The van der Waals surface area contributed by atoms with Crippen molar-refractivity contribution in [1.82, 2.24) is 0 Å². The van der Waals surface area contributed by atoms with Crippen molar-refractivity contribution < 1.29 is 14.6 Å². The van der Waals surface area contributed by atoms with Crippen molar-refractivity contribution in [1.29, 1.82) is 5.26 Å². The zero-order chi connectivity index (χ0) is 11.3. The van der Waals surface area contributed by atoms with Crippen LogP contribution in [0.5, 0.6) is 5.75 Å². The van der Waals surface area contributed by atoms with E-state index in [1.54, 1.807) is 6.92 Å². The Morgan fingerprint density at radius 1 is 1.60 bits per heavy atom. The van der Waals surface area contributed by atoms with Crippen LogP contribution < -0.4 is 0 Å². The summed E-state index contributed by atoms with van der Waals surface area (Å²) in [6.07, 6.45) is 0.00509. The highest BCUT2D eigenvalue weighted by Gasteiger charge is 2.09. The lowest BCUT2D eigenvalue weighted by Crippen LogP contribution is -2.08. The number of hydrogen-bond donors (Lipinski definition) is 1. The molecule has 0 saturated heterocycles. The van der Waals surface area contributed by atoms with E-state index in [4.69, 9.17) is 10.00 Å². The van der Waals surface area contributed by atoms with Crippen LogP contribution in [-0.2, 0) is 16.0 Å². The van der Waals surface area contributed by atoms with Gasteiger partial charge < -0.3 is 9.84 Å². The molecule has 1 aromatic rings. The fourth-order valence-corrected chi connectivity index (χ4v) is 1.20. The molecular formula is C11H11NO3. The summed E-state index contributed by atoms with van der Waals surface area (Å²) < 4.78 is 4.76. The first-order valence-electron chi connectivity index (χ1n) is 4.55. The van der Waals surface area contributed by atoms with Crippen molar-refractivity contribution in [2.75, 3.05) is 6.61 Å². The summed E-state index contributed by atoms with van der Waals surface area (Å²) in [5.74, 6) is -0.368. The minimum Gasteiger partial charge on any atom is -0.508 e. The van der Waals surface area contributed by atoms with Crippen molar-refractivity contribution in [2.45, 2.75) is 13.3 Å². The van der Waals surface area contributed by atoms with Gasteiger partial charge in [-0.05, 0) is 30.7 Å². The summed E-state index contributed by atoms with van der Waals surface area (Å²) >= 11 is 0. The van der Waals surface area contributed by atoms with Crippen LogP contribution in [0.2, 0.25) is 0 Å². The second-order valence-corrected chi connectivity index (χ2v) is 2.94. The molecule has 4 nitrogen and oxygen atoms in total. The smallest absolute Gasteiger partial charge is 0.310 e. The van der Waals surface area contributed by atoms with Crippen molar-refractivity contribution in [2.24, 2.45) is 0 Å². The molecule has 1 rings (SSSR count). The molecule has 0 aliphatic rings. The SMILES string of the molecule is CCOC(=O)Cc1cc(O)ccc1C#N. The fraction of sp³-hybridized carbons (Fsp3) is 0.273. The first-order valence-corrected chi connectivity index (χ1v) is 4.55. The molecule has 78 valence electrons. The van der Waals surface area contributed by atoms with E-state index in [0.717, 1.165) is 0 Å². The Labute approximate surface area is 87.7 Å². The number of esters is 1. The van der Waals surface area contributed by atoms with E-state index in [-0.39, 0.29) is 12.2 Å². The Balaban J connectivity index is 2.88. The summed E-state index contributed by atoms with van der Waals surface area (Å²) in [5, 5.41) is 18.0. The van der Waals surface area contributed by atoms with Crippen molar-refractivity contribution in [3.63, 3.8) is 0 Å². The van der Waals surface area contributed by atoms with Crippen LogP contribution in [0.15, 0.2) is 18.2 Å². The lowest BCUT2D eigenvalue weighted by atomic mass is 10.1. The Kier molecular flexibility index (Phi) is 3.69. The maximum atomic E-state index is 11.2. The van der Waals surface area contributed by atoms with E-state index in [9.17, 15) is 9.90 Å². The van der Waals surface area contributed by atoms with E-state index < -0.39 is 5.97 Å². The molecule has 0 aromatic heterocycles. The summed E-state index contributed by atoms with van der Waals surface area (Å²) in [7, 11) is 0. The Morgan fingerprint density at radius 3 is 2.93 bits per heavy atom. The van der Waals surface area contributed by atoms with Crippen LogP contribution >= 0.6 is 0 Å². The molecule has 4 heteroatoms. The second-order valence-electron chi connectivity index (χ2n) is 2.94. The largest absolute Gasteiger partial charge is 0.508 e. The average molecular weight is 205 g/mol. The molecule has 0 unspecified atom stereocenters. The number of nitrogens with zero attached hydrogens (tertiary/aromatic N) is 1. The van der Waals surface area contributed by atoms with Gasteiger partial charge in [-0.1, -0.05) is 0 Å². The number of ether oxygens (including phenoxy) is 1. The number of nitriles is 1. The summed E-state index contributed by atoms with van der Waals surface area (Å²) in [6, 6.07) is 6.24. The van der Waals surface area contributed by atoms with E-state index in [0.29, 0.717) is 17.7 Å². The quantitative estimate of drug-likeness (QED) is 0.756. The molecule has 15 heavy (non-hydrogen) atoms. The summed E-state index contributed by atoms with van der Waals surface area (Å²) in [6.45, 7) is 2.02. The van der Waals surface area contributed by atoms with Gasteiger partial charge in [0, 0.05) is 0 Å². The standard InChI is InChI=1S/C11H11NO3/c1-2-15-11(14)6-9-5-10(13)4-3-8(9)7-12/h3-5,13H,2,6H2,1H3. The van der Waals surface area contributed by atoms with E-state index in [1.807, 2.05) is 6.07 Å². The minimum atomic E-state index is -0.403. The average Bonchev–Trinajstić information content (AvgIpc) is 2.18. The Morgan fingerprint density at radius 2 is 2.33 bits per heavy atom. The van der Waals surface area contributed by atoms with Crippen LogP contribution in [0.1, 0.15) is 18.1 Å². The molecule has 0 spiro atoms. The van der Waals surface area contributed by atoms with Gasteiger partial charge in [-0.25, -0.2) is 0 Å². The minimum absolute atomic E-state index is 0.00509. The predicted molar refractivity (Wildman–Crippen MR) is 53.2 cm³/mol. The Hall–Kier alpha value is -2.02. The number of carbonyl (C=O) groups excluding carboxylic acids is 1. The normalized spacial score (nSPS) is 9.33. The topological polar surface area (TPSA) is 70.3 Å². The molecule has 0 amide bonds. The van der Waals surface area contributed by atoms with E-state index in [2.05, 4.69) is 0 Å². The maximum Gasteiger partial charge on any atom is 0.310 e. The molecule has 0 aliphatic carbocycles. The van der Waals surface area contributed by atoms with Gasteiger partial charge in [-0.15, -0.1) is 0 Å². The molecule has 0 radical (unpaired) electrons. The van der Waals surface area contributed by atoms with Crippen molar-refractivity contribution >= 4 is 5.97 Å². The van der Waals surface area contributed by atoms with Gasteiger partial charge in [0.15, 0.2) is 0 Å². The number of benzene rings is 1. The van der Waals surface area contributed by atoms with Gasteiger partial charge in [-0.3, -0.25) is 4.79 Å². The second kappa shape index (κ2) is 5.01. The van der Waals surface area contributed by atoms with Gasteiger partial charge in [0.05, 0.1) is 24.7 Å². The summed E-state index contributed by atoms with van der Waals surface area (Å²) in [4.78, 5) is 11.2. The number of phenols is 1. The highest BCUT2D eigenvalue weighted by molar-refractivity contribution is 5.73. The first-order chi connectivity index (χ1) is 7.17. The fourth-order valence-electron chi connectivity index (χ4n) is 1.20. The third-order valence-electron chi connectivity index (χ3n) is 1.85. The van der Waals surface area contributed by atoms with Crippen LogP contribution in [0.4, 0.5) is 0 Å². The number of rotatable bonds is 3. The molecule has 0 saturated carbocycles. The molecule has 0 fully saturated rings. The van der Waals surface area contributed by atoms with Crippen LogP contribution in [-0.4, -0.2) is 17.7 Å². The van der Waals surface area contributed by atoms with Gasteiger partial charge in [0.1, 0.15) is 5.75 Å². The number of aromatic hydroxyl groups is 1. The third-order valence-corrected chi connectivity index (χ3v) is 1.85. The molecule has 0 atom stereocenters. The molecule has 0 heterocycles. The maximum absolute atomic E-state index is 11.2. The van der Waals surface area contributed by atoms with Crippen molar-refractivity contribution in [3.05, 3.63) is 29.3 Å². The highest BCUT2D eigenvalue weighted by atomic mass is 16.5.